The van der Waals surface area contributed by atoms with Gasteiger partial charge in [0.25, 0.3) is 0 Å². The van der Waals surface area contributed by atoms with E-state index in [0.717, 1.165) is 24.0 Å². The molecule has 0 unspecified atom stereocenters. The van der Waals surface area contributed by atoms with E-state index >= 15 is 0 Å². The van der Waals surface area contributed by atoms with E-state index in [0.29, 0.717) is 0 Å². The lowest BCUT2D eigenvalue weighted by Gasteiger charge is -2.06. The monoisotopic (exact) mass is 303 g/mol. The Kier molecular flexibility index (Phi) is 3.19. The molecule has 0 amide bonds. The highest BCUT2D eigenvalue weighted by molar-refractivity contribution is 9.10. The Morgan fingerprint density at radius 1 is 1.11 bits per heavy atom. The molecule has 0 fully saturated rings. The minimum absolute atomic E-state index is 1.01. The Bertz CT molecular complexity index is 640. The molecule has 3 nitrogen and oxygen atoms in total. The average Bonchev–Trinajstić information content (AvgIpc) is 2.99. The van der Waals surface area contributed by atoms with Crippen molar-refractivity contribution in [2.45, 2.75) is 19.5 Å². The number of hydrogen-bond acceptors (Lipinski definition) is 1. The second-order valence-corrected chi connectivity index (χ2v) is 5.28. The van der Waals surface area contributed by atoms with Crippen LogP contribution in [-0.4, -0.2) is 14.1 Å². The second kappa shape index (κ2) is 4.98. The number of fused-ring (bicyclic) bond motifs is 1. The zero-order valence-corrected chi connectivity index (χ0v) is 11.5. The molecule has 0 bridgehead atoms. The average molecular weight is 304 g/mol. The van der Waals surface area contributed by atoms with Gasteiger partial charge in [0, 0.05) is 41.7 Å². The number of aromatic nitrogens is 3. The number of rotatable bonds is 4. The SMILES string of the molecule is Brc1ccc2ccn(CCCn3ccnc3)c2c1. The number of aryl methyl sites for hydroxylation is 2. The predicted octanol–water partition coefficient (Wildman–Crippen LogP) is 3.69. The molecule has 0 radical (unpaired) electrons. The van der Waals surface area contributed by atoms with Crippen LogP contribution in [0.2, 0.25) is 0 Å². The molecule has 0 aliphatic rings. The zero-order valence-electron chi connectivity index (χ0n) is 9.96. The van der Waals surface area contributed by atoms with E-state index in [1.54, 1.807) is 0 Å². The van der Waals surface area contributed by atoms with Crippen LogP contribution in [0.15, 0.2) is 53.7 Å². The van der Waals surface area contributed by atoms with E-state index in [2.05, 4.69) is 60.5 Å². The number of benzene rings is 1. The van der Waals surface area contributed by atoms with Gasteiger partial charge in [-0.2, -0.15) is 0 Å². The van der Waals surface area contributed by atoms with Crippen LogP contribution in [0.5, 0.6) is 0 Å². The fourth-order valence-corrected chi connectivity index (χ4v) is 2.54. The van der Waals surface area contributed by atoms with Crippen molar-refractivity contribution in [3.63, 3.8) is 0 Å². The van der Waals surface area contributed by atoms with Crippen molar-refractivity contribution < 1.29 is 0 Å². The van der Waals surface area contributed by atoms with Crippen molar-refractivity contribution in [2.24, 2.45) is 0 Å². The first kappa shape index (κ1) is 11.5. The summed E-state index contributed by atoms with van der Waals surface area (Å²) in [5.74, 6) is 0. The third kappa shape index (κ3) is 2.34. The zero-order chi connectivity index (χ0) is 12.4. The molecular weight excluding hydrogens is 290 g/mol. The highest BCUT2D eigenvalue weighted by Gasteiger charge is 2.01. The van der Waals surface area contributed by atoms with Crippen LogP contribution in [0.3, 0.4) is 0 Å². The predicted molar refractivity (Wildman–Crippen MR) is 76.5 cm³/mol. The lowest BCUT2D eigenvalue weighted by molar-refractivity contribution is 0.573. The van der Waals surface area contributed by atoms with Gasteiger partial charge in [0.05, 0.1) is 6.33 Å². The molecule has 4 heteroatoms. The topological polar surface area (TPSA) is 22.8 Å². The maximum atomic E-state index is 4.05. The van der Waals surface area contributed by atoms with Gasteiger partial charge in [-0.05, 0) is 30.0 Å². The van der Waals surface area contributed by atoms with E-state index in [-0.39, 0.29) is 0 Å². The molecule has 0 saturated heterocycles. The largest absolute Gasteiger partial charge is 0.347 e. The third-order valence-corrected chi connectivity index (χ3v) is 3.60. The van der Waals surface area contributed by atoms with Gasteiger partial charge < -0.3 is 9.13 Å². The molecule has 2 heterocycles. The third-order valence-electron chi connectivity index (χ3n) is 3.11. The van der Waals surface area contributed by atoms with E-state index in [1.807, 2.05) is 18.7 Å². The van der Waals surface area contributed by atoms with Gasteiger partial charge in [0.1, 0.15) is 0 Å². The van der Waals surface area contributed by atoms with Crippen molar-refractivity contribution in [2.75, 3.05) is 0 Å². The standard InChI is InChI=1S/C14H14BrN3/c15-13-3-2-12-4-8-18(14(12)10-13)7-1-6-17-9-5-16-11-17/h2-5,8-11H,1,6-7H2. The van der Waals surface area contributed by atoms with E-state index < -0.39 is 0 Å². The fraction of sp³-hybridized carbons (Fsp3) is 0.214. The molecule has 0 atom stereocenters. The summed E-state index contributed by atoms with van der Waals surface area (Å²) in [7, 11) is 0. The smallest absolute Gasteiger partial charge is 0.0945 e. The van der Waals surface area contributed by atoms with Gasteiger partial charge in [-0.1, -0.05) is 22.0 Å². The molecule has 2 aromatic heterocycles. The molecule has 3 aromatic rings. The van der Waals surface area contributed by atoms with Crippen LogP contribution in [0, 0.1) is 0 Å². The first-order chi connectivity index (χ1) is 8.83. The summed E-state index contributed by atoms with van der Waals surface area (Å²) >= 11 is 3.53. The summed E-state index contributed by atoms with van der Waals surface area (Å²) in [4.78, 5) is 4.05. The summed E-state index contributed by atoms with van der Waals surface area (Å²) in [6.07, 6.45) is 8.95. The summed E-state index contributed by atoms with van der Waals surface area (Å²) in [6, 6.07) is 8.56. The van der Waals surface area contributed by atoms with Gasteiger partial charge in [-0.3, -0.25) is 0 Å². The van der Waals surface area contributed by atoms with Gasteiger partial charge in [0.15, 0.2) is 0 Å². The van der Waals surface area contributed by atoms with E-state index in [9.17, 15) is 0 Å². The van der Waals surface area contributed by atoms with Crippen molar-refractivity contribution in [1.82, 2.24) is 14.1 Å². The van der Waals surface area contributed by atoms with Crippen molar-refractivity contribution >= 4 is 26.8 Å². The Hall–Kier alpha value is -1.55. The maximum Gasteiger partial charge on any atom is 0.0945 e. The Balaban J connectivity index is 1.72. The molecule has 18 heavy (non-hydrogen) atoms. The number of nitrogens with zero attached hydrogens (tertiary/aromatic N) is 3. The van der Waals surface area contributed by atoms with E-state index in [4.69, 9.17) is 0 Å². The van der Waals surface area contributed by atoms with Gasteiger partial charge in [-0.15, -0.1) is 0 Å². The van der Waals surface area contributed by atoms with Crippen LogP contribution < -0.4 is 0 Å². The number of imidazole rings is 1. The van der Waals surface area contributed by atoms with Crippen molar-refractivity contribution in [3.05, 3.63) is 53.7 Å². The molecule has 0 saturated carbocycles. The minimum Gasteiger partial charge on any atom is -0.347 e. The first-order valence-corrected chi connectivity index (χ1v) is 6.82. The van der Waals surface area contributed by atoms with Gasteiger partial charge >= 0.3 is 0 Å². The molecule has 0 N–H and O–H groups in total. The van der Waals surface area contributed by atoms with Crippen molar-refractivity contribution in [3.8, 4) is 0 Å². The number of hydrogen-bond donors (Lipinski definition) is 0. The molecule has 1 aromatic carbocycles. The summed E-state index contributed by atoms with van der Waals surface area (Å²) in [6.45, 7) is 2.03. The fourth-order valence-electron chi connectivity index (χ4n) is 2.19. The molecule has 0 aliphatic carbocycles. The lowest BCUT2D eigenvalue weighted by Crippen LogP contribution is -2.01. The van der Waals surface area contributed by atoms with Crippen LogP contribution >= 0.6 is 15.9 Å². The quantitative estimate of drug-likeness (QED) is 0.721. The number of halogens is 1. The Morgan fingerprint density at radius 2 is 2.06 bits per heavy atom. The molecular formula is C14H14BrN3. The summed E-state index contributed by atoms with van der Waals surface area (Å²) in [5.41, 5.74) is 1.29. The minimum atomic E-state index is 1.01. The maximum absolute atomic E-state index is 4.05. The van der Waals surface area contributed by atoms with Crippen LogP contribution in [0.4, 0.5) is 0 Å². The van der Waals surface area contributed by atoms with E-state index in [1.165, 1.54) is 10.9 Å². The highest BCUT2D eigenvalue weighted by Crippen LogP contribution is 2.21. The highest BCUT2D eigenvalue weighted by atomic mass is 79.9. The lowest BCUT2D eigenvalue weighted by atomic mass is 10.2. The summed E-state index contributed by atoms with van der Waals surface area (Å²) < 4.78 is 5.54. The second-order valence-electron chi connectivity index (χ2n) is 4.37. The Labute approximate surface area is 114 Å². The first-order valence-electron chi connectivity index (χ1n) is 6.03. The molecule has 92 valence electrons. The van der Waals surface area contributed by atoms with Crippen LogP contribution in [0.25, 0.3) is 10.9 Å². The van der Waals surface area contributed by atoms with Crippen LogP contribution in [-0.2, 0) is 13.1 Å². The van der Waals surface area contributed by atoms with Gasteiger partial charge in [-0.25, -0.2) is 4.98 Å². The molecule has 3 rings (SSSR count). The molecule has 0 aliphatic heterocycles. The molecule has 0 spiro atoms. The van der Waals surface area contributed by atoms with Crippen molar-refractivity contribution in [1.29, 1.82) is 0 Å². The van der Waals surface area contributed by atoms with Crippen LogP contribution in [0.1, 0.15) is 6.42 Å². The van der Waals surface area contributed by atoms with Gasteiger partial charge in [0.2, 0.25) is 0 Å². The summed E-state index contributed by atoms with van der Waals surface area (Å²) in [5, 5.41) is 1.29. The Morgan fingerprint density at radius 3 is 2.89 bits per heavy atom. The normalized spacial score (nSPS) is 11.2.